The summed E-state index contributed by atoms with van der Waals surface area (Å²) < 4.78 is 0. The highest BCUT2D eigenvalue weighted by Crippen LogP contribution is 2.36. The third-order valence-corrected chi connectivity index (χ3v) is 5.22. The van der Waals surface area contributed by atoms with Crippen LogP contribution in [0.3, 0.4) is 0 Å². The Hall–Kier alpha value is -3.45. The van der Waals surface area contributed by atoms with Gasteiger partial charge in [0, 0.05) is 42.4 Å². The lowest BCUT2D eigenvalue weighted by molar-refractivity contribution is -0.126. The molecule has 2 heterocycles. The van der Waals surface area contributed by atoms with E-state index in [2.05, 4.69) is 15.5 Å². The standard InChI is InChI=1S/C22H23N5O2/c1-14(28)27-8-7-20-21-16(12-24-26-20)10-18(19(21)13-27)22(29)25-17(11-23)9-15-5-3-2-4-6-15/h2-8,10,12,17,26H,9,11,13,23H2,1H3,(H,25,29)/t17-/m0/s1. The first-order valence-electron chi connectivity index (χ1n) is 9.56. The fraction of sp³-hybridized carbons (Fsp3) is 0.227. The Bertz CT molecular complexity index is 1040. The van der Waals surface area contributed by atoms with E-state index in [-0.39, 0.29) is 17.9 Å². The highest BCUT2D eigenvalue weighted by atomic mass is 16.2. The van der Waals surface area contributed by atoms with Crippen LogP contribution in [-0.2, 0) is 17.8 Å². The molecule has 4 rings (SSSR count). The summed E-state index contributed by atoms with van der Waals surface area (Å²) >= 11 is 0. The van der Waals surface area contributed by atoms with Gasteiger partial charge in [0.25, 0.3) is 5.91 Å². The van der Waals surface area contributed by atoms with Gasteiger partial charge in [-0.2, -0.15) is 5.10 Å². The van der Waals surface area contributed by atoms with Crippen LogP contribution in [0, 0.1) is 0 Å². The van der Waals surface area contributed by atoms with E-state index in [1.807, 2.05) is 42.5 Å². The summed E-state index contributed by atoms with van der Waals surface area (Å²) in [6.45, 7) is 2.17. The molecule has 1 aromatic rings. The van der Waals surface area contributed by atoms with Crippen molar-refractivity contribution in [2.75, 3.05) is 6.54 Å². The van der Waals surface area contributed by atoms with E-state index in [4.69, 9.17) is 5.73 Å². The van der Waals surface area contributed by atoms with E-state index in [0.29, 0.717) is 25.1 Å². The van der Waals surface area contributed by atoms with Crippen LogP contribution >= 0.6 is 0 Å². The average Bonchev–Trinajstić information content (AvgIpc) is 2.97. The minimum absolute atomic E-state index is 0.0911. The van der Waals surface area contributed by atoms with Crippen LogP contribution in [0.15, 0.2) is 48.8 Å². The number of rotatable bonds is 5. The third kappa shape index (κ3) is 3.77. The summed E-state index contributed by atoms with van der Waals surface area (Å²) in [6, 6.07) is 11.6. The number of aromatic amines is 1. The van der Waals surface area contributed by atoms with Gasteiger partial charge in [-0.05, 0) is 29.7 Å². The van der Waals surface area contributed by atoms with Gasteiger partial charge in [0.15, 0.2) is 0 Å². The maximum atomic E-state index is 13.2. The Labute approximate surface area is 168 Å². The number of H-pyrrole nitrogens is 1. The Morgan fingerprint density at radius 1 is 1.31 bits per heavy atom. The number of amides is 2. The minimum atomic E-state index is -0.195. The molecule has 2 amide bonds. The predicted molar refractivity (Wildman–Crippen MR) is 111 cm³/mol. The first kappa shape index (κ1) is 18.9. The Morgan fingerprint density at radius 3 is 2.83 bits per heavy atom. The SMILES string of the molecule is CC(=O)N1C=Cc2[nH]ncc3cc(C(=O)N[C@H](CN)Cc4ccccc4)c(c2-3)C1. The molecular formula is C22H23N5O2. The quantitative estimate of drug-likeness (QED) is 0.622. The molecule has 7 heteroatoms. The number of nitrogens with one attached hydrogen (secondary N) is 2. The first-order chi connectivity index (χ1) is 14.1. The number of carbonyl (C=O) groups is 2. The molecule has 7 nitrogen and oxygen atoms in total. The molecule has 2 aliphatic heterocycles. The monoisotopic (exact) mass is 389 g/mol. The van der Waals surface area contributed by atoms with Crippen molar-refractivity contribution in [3.63, 3.8) is 0 Å². The van der Waals surface area contributed by atoms with E-state index in [0.717, 1.165) is 27.9 Å². The zero-order valence-corrected chi connectivity index (χ0v) is 16.2. The van der Waals surface area contributed by atoms with Crippen LogP contribution in [0.25, 0.3) is 17.2 Å². The molecule has 0 aromatic heterocycles. The summed E-state index contributed by atoms with van der Waals surface area (Å²) in [5.41, 5.74) is 10.9. The van der Waals surface area contributed by atoms with Crippen molar-refractivity contribution in [3.8, 4) is 11.1 Å². The lowest BCUT2D eigenvalue weighted by atomic mass is 10.0. The molecule has 0 bridgehead atoms. The van der Waals surface area contributed by atoms with Crippen molar-refractivity contribution < 1.29 is 9.59 Å². The summed E-state index contributed by atoms with van der Waals surface area (Å²) in [6.07, 6.45) is 5.88. The average molecular weight is 389 g/mol. The van der Waals surface area contributed by atoms with E-state index < -0.39 is 0 Å². The van der Waals surface area contributed by atoms with Gasteiger partial charge in [-0.25, -0.2) is 0 Å². The summed E-state index contributed by atoms with van der Waals surface area (Å²) in [5.74, 6) is -0.287. The van der Waals surface area contributed by atoms with Crippen molar-refractivity contribution in [2.45, 2.75) is 25.9 Å². The van der Waals surface area contributed by atoms with Gasteiger partial charge < -0.3 is 16.0 Å². The van der Waals surface area contributed by atoms with Crippen molar-refractivity contribution >= 4 is 17.9 Å². The molecule has 4 N–H and O–H groups in total. The smallest absolute Gasteiger partial charge is 0.251 e. The maximum Gasteiger partial charge on any atom is 0.251 e. The fourth-order valence-corrected chi connectivity index (χ4v) is 3.72. The fourth-order valence-electron chi connectivity index (χ4n) is 3.72. The van der Waals surface area contributed by atoms with E-state index in [9.17, 15) is 9.59 Å². The van der Waals surface area contributed by atoms with E-state index in [1.54, 1.807) is 17.3 Å². The Kier molecular flexibility index (Phi) is 5.14. The zero-order valence-electron chi connectivity index (χ0n) is 16.2. The zero-order chi connectivity index (χ0) is 20.4. The van der Waals surface area contributed by atoms with Crippen LogP contribution in [-0.4, -0.2) is 39.5 Å². The molecule has 148 valence electrons. The minimum Gasteiger partial charge on any atom is -0.348 e. The molecule has 0 unspecified atom stereocenters. The molecule has 0 saturated heterocycles. The Morgan fingerprint density at radius 2 is 2.10 bits per heavy atom. The number of carbonyl (C=O) groups excluding carboxylic acids is 2. The highest BCUT2D eigenvalue weighted by molar-refractivity contribution is 6.02. The molecule has 3 aliphatic rings. The highest BCUT2D eigenvalue weighted by Gasteiger charge is 2.27. The molecule has 0 saturated carbocycles. The topological polar surface area (TPSA) is 104 Å². The Balaban J connectivity index is 1.65. The lowest BCUT2D eigenvalue weighted by Crippen LogP contribution is -2.42. The van der Waals surface area contributed by atoms with E-state index in [1.165, 1.54) is 6.92 Å². The van der Waals surface area contributed by atoms with Crippen molar-refractivity contribution in [1.29, 1.82) is 0 Å². The summed E-state index contributed by atoms with van der Waals surface area (Å²) in [7, 11) is 0. The lowest BCUT2D eigenvalue weighted by Gasteiger charge is -2.19. The van der Waals surface area contributed by atoms with Gasteiger partial charge >= 0.3 is 0 Å². The number of aromatic nitrogens is 2. The number of nitrogens with zero attached hydrogens (tertiary/aromatic N) is 2. The van der Waals surface area contributed by atoms with Crippen molar-refractivity contribution in [1.82, 2.24) is 20.4 Å². The first-order valence-corrected chi connectivity index (χ1v) is 9.56. The molecular weight excluding hydrogens is 366 g/mol. The molecule has 29 heavy (non-hydrogen) atoms. The van der Waals surface area contributed by atoms with Gasteiger partial charge in [0.1, 0.15) is 0 Å². The van der Waals surface area contributed by atoms with E-state index >= 15 is 0 Å². The van der Waals surface area contributed by atoms with Gasteiger partial charge in [-0.15, -0.1) is 0 Å². The summed E-state index contributed by atoms with van der Waals surface area (Å²) in [5, 5.41) is 10.2. The van der Waals surface area contributed by atoms with Gasteiger partial charge in [0.05, 0.1) is 18.4 Å². The number of nitrogens with two attached hydrogens (primary N) is 1. The normalized spacial score (nSPS) is 13.9. The number of hydrogen-bond donors (Lipinski definition) is 3. The largest absolute Gasteiger partial charge is 0.348 e. The molecule has 0 spiro atoms. The molecule has 1 aromatic carbocycles. The second kappa shape index (κ2) is 7.89. The van der Waals surface area contributed by atoms with Crippen molar-refractivity contribution in [2.24, 2.45) is 5.73 Å². The van der Waals surface area contributed by atoms with Crippen LogP contribution in [0.4, 0.5) is 0 Å². The molecule has 1 atom stereocenters. The van der Waals surface area contributed by atoms with Crippen molar-refractivity contribution in [3.05, 3.63) is 71.2 Å². The second-order valence-corrected chi connectivity index (χ2v) is 7.21. The van der Waals surface area contributed by atoms with Crippen LogP contribution in [0.2, 0.25) is 0 Å². The van der Waals surface area contributed by atoms with Crippen LogP contribution < -0.4 is 11.1 Å². The van der Waals surface area contributed by atoms with Gasteiger partial charge in [0.2, 0.25) is 5.91 Å². The molecule has 0 radical (unpaired) electrons. The molecule has 1 aliphatic carbocycles. The third-order valence-electron chi connectivity index (χ3n) is 5.22. The molecule has 0 fully saturated rings. The number of benzene rings is 1. The van der Waals surface area contributed by atoms with Crippen LogP contribution in [0.1, 0.15) is 34.1 Å². The van der Waals surface area contributed by atoms with Gasteiger partial charge in [-0.1, -0.05) is 30.3 Å². The van der Waals surface area contributed by atoms with Gasteiger partial charge in [-0.3, -0.25) is 14.7 Å². The maximum absolute atomic E-state index is 13.2. The number of hydrogen-bond acceptors (Lipinski definition) is 4. The summed E-state index contributed by atoms with van der Waals surface area (Å²) in [4.78, 5) is 26.7. The second-order valence-electron chi connectivity index (χ2n) is 7.21. The van der Waals surface area contributed by atoms with Crippen LogP contribution in [0.5, 0.6) is 0 Å². The predicted octanol–water partition coefficient (Wildman–Crippen LogP) is 2.15.